The predicted molar refractivity (Wildman–Crippen MR) is 69.6 cm³/mol. The fraction of sp³-hybridized carbons (Fsp3) is 0.750. The van der Waals surface area contributed by atoms with E-state index < -0.39 is 6.10 Å². The summed E-state index contributed by atoms with van der Waals surface area (Å²) in [5.41, 5.74) is 0. The molecule has 0 aliphatic heterocycles. The van der Waals surface area contributed by atoms with Crippen molar-refractivity contribution >= 4 is 6.03 Å². The van der Waals surface area contributed by atoms with E-state index in [4.69, 9.17) is 4.52 Å². The molecule has 2 unspecified atom stereocenters. The van der Waals surface area contributed by atoms with Crippen molar-refractivity contribution < 1.29 is 14.4 Å². The van der Waals surface area contributed by atoms with Crippen molar-refractivity contribution in [3.8, 4) is 0 Å². The number of carbonyl (C=O) groups is 1. The highest BCUT2D eigenvalue weighted by atomic mass is 16.5. The van der Waals surface area contributed by atoms with Crippen molar-refractivity contribution in [3.63, 3.8) is 0 Å². The van der Waals surface area contributed by atoms with E-state index in [1.807, 2.05) is 13.8 Å². The Morgan fingerprint density at radius 1 is 1.47 bits per heavy atom. The molecule has 7 heteroatoms. The average molecular weight is 270 g/mol. The van der Waals surface area contributed by atoms with Crippen LogP contribution in [-0.4, -0.2) is 40.5 Å². The monoisotopic (exact) mass is 270 g/mol. The molecule has 108 valence electrons. The van der Waals surface area contributed by atoms with E-state index in [1.165, 1.54) is 0 Å². The standard InChI is InChI=1S/C12H22N4O3/c1-4-8(2)10(17)7-14-12(18)13-6-5-11-15-9(3)16-19-11/h8,10,17H,4-7H2,1-3H3,(H2,13,14,18). The van der Waals surface area contributed by atoms with Crippen LogP contribution in [0.15, 0.2) is 4.52 Å². The van der Waals surface area contributed by atoms with Crippen LogP contribution in [0.4, 0.5) is 4.79 Å². The van der Waals surface area contributed by atoms with Crippen LogP contribution in [0.5, 0.6) is 0 Å². The minimum Gasteiger partial charge on any atom is -0.391 e. The summed E-state index contributed by atoms with van der Waals surface area (Å²) in [5, 5.41) is 18.6. The number of urea groups is 1. The third-order valence-corrected chi connectivity index (χ3v) is 2.97. The van der Waals surface area contributed by atoms with E-state index in [-0.39, 0.29) is 18.5 Å². The topological polar surface area (TPSA) is 100 Å². The molecule has 0 saturated carbocycles. The van der Waals surface area contributed by atoms with Gasteiger partial charge < -0.3 is 20.3 Å². The Kier molecular flexibility index (Phi) is 6.27. The molecule has 0 fully saturated rings. The second-order valence-electron chi connectivity index (χ2n) is 4.58. The van der Waals surface area contributed by atoms with E-state index in [0.717, 1.165) is 6.42 Å². The molecule has 19 heavy (non-hydrogen) atoms. The van der Waals surface area contributed by atoms with E-state index in [0.29, 0.717) is 24.7 Å². The molecule has 0 spiro atoms. The highest BCUT2D eigenvalue weighted by Crippen LogP contribution is 2.05. The second kappa shape index (κ2) is 7.73. The van der Waals surface area contributed by atoms with Crippen LogP contribution in [0.1, 0.15) is 32.0 Å². The number of carbonyl (C=O) groups excluding carboxylic acids is 1. The third-order valence-electron chi connectivity index (χ3n) is 2.97. The molecule has 1 aromatic heterocycles. The maximum atomic E-state index is 11.5. The Morgan fingerprint density at radius 2 is 2.21 bits per heavy atom. The van der Waals surface area contributed by atoms with Crippen molar-refractivity contribution in [2.45, 2.75) is 39.7 Å². The molecule has 1 aromatic rings. The summed E-state index contributed by atoms with van der Waals surface area (Å²) in [4.78, 5) is 15.5. The number of hydrogen-bond donors (Lipinski definition) is 3. The first-order valence-electron chi connectivity index (χ1n) is 6.51. The van der Waals surface area contributed by atoms with Gasteiger partial charge in [-0.15, -0.1) is 0 Å². The van der Waals surface area contributed by atoms with Gasteiger partial charge in [0.05, 0.1) is 6.10 Å². The van der Waals surface area contributed by atoms with E-state index >= 15 is 0 Å². The van der Waals surface area contributed by atoms with Crippen molar-refractivity contribution in [1.29, 1.82) is 0 Å². The number of aromatic nitrogens is 2. The summed E-state index contributed by atoms with van der Waals surface area (Å²) in [6.07, 6.45) is 0.845. The van der Waals surface area contributed by atoms with Crippen LogP contribution >= 0.6 is 0 Å². The maximum absolute atomic E-state index is 11.5. The van der Waals surface area contributed by atoms with Crippen LogP contribution in [0.2, 0.25) is 0 Å². The van der Waals surface area contributed by atoms with Gasteiger partial charge in [-0.05, 0) is 12.8 Å². The fourth-order valence-corrected chi connectivity index (χ4v) is 1.46. The predicted octanol–water partition coefficient (Wildman–Crippen LogP) is 0.627. The molecule has 7 nitrogen and oxygen atoms in total. The lowest BCUT2D eigenvalue weighted by molar-refractivity contribution is 0.114. The summed E-state index contributed by atoms with van der Waals surface area (Å²) in [6.45, 7) is 6.35. The molecule has 1 heterocycles. The summed E-state index contributed by atoms with van der Waals surface area (Å²) in [6, 6.07) is -0.307. The molecule has 3 N–H and O–H groups in total. The molecule has 0 aliphatic carbocycles. The molecule has 2 atom stereocenters. The van der Waals surface area contributed by atoms with Crippen molar-refractivity contribution in [2.75, 3.05) is 13.1 Å². The summed E-state index contributed by atoms with van der Waals surface area (Å²) in [7, 11) is 0. The fourth-order valence-electron chi connectivity index (χ4n) is 1.46. The van der Waals surface area contributed by atoms with Crippen LogP contribution in [0.25, 0.3) is 0 Å². The maximum Gasteiger partial charge on any atom is 0.314 e. The lowest BCUT2D eigenvalue weighted by Crippen LogP contribution is -2.42. The van der Waals surface area contributed by atoms with Crippen molar-refractivity contribution in [2.24, 2.45) is 5.92 Å². The summed E-state index contributed by atoms with van der Waals surface area (Å²) in [5.74, 6) is 1.25. The number of aliphatic hydroxyl groups is 1. The van der Waals surface area contributed by atoms with Crippen molar-refractivity contribution in [1.82, 2.24) is 20.8 Å². The number of nitrogens with one attached hydrogen (secondary N) is 2. The van der Waals surface area contributed by atoms with Gasteiger partial charge in [0.1, 0.15) is 0 Å². The molecule has 0 bridgehead atoms. The van der Waals surface area contributed by atoms with Gasteiger partial charge in [0.2, 0.25) is 5.89 Å². The minimum atomic E-state index is -0.519. The van der Waals surface area contributed by atoms with Gasteiger partial charge in [-0.25, -0.2) is 4.79 Å². The molecule has 0 saturated heterocycles. The first-order valence-corrected chi connectivity index (χ1v) is 6.51. The smallest absolute Gasteiger partial charge is 0.314 e. The molecule has 0 aromatic carbocycles. The van der Waals surface area contributed by atoms with Gasteiger partial charge in [0.15, 0.2) is 5.82 Å². The molecule has 0 aliphatic rings. The van der Waals surface area contributed by atoms with Crippen LogP contribution in [0.3, 0.4) is 0 Å². The molecule has 2 amide bonds. The first-order chi connectivity index (χ1) is 9.02. The van der Waals surface area contributed by atoms with Crippen LogP contribution < -0.4 is 10.6 Å². The normalized spacial score (nSPS) is 13.9. The van der Waals surface area contributed by atoms with Gasteiger partial charge in [-0.1, -0.05) is 25.4 Å². The SMILES string of the molecule is CCC(C)C(O)CNC(=O)NCCc1nc(C)no1. The number of hydrogen-bond acceptors (Lipinski definition) is 5. The second-order valence-corrected chi connectivity index (χ2v) is 4.58. The minimum absolute atomic E-state index is 0.168. The number of amides is 2. The van der Waals surface area contributed by atoms with Gasteiger partial charge in [-0.3, -0.25) is 0 Å². The largest absolute Gasteiger partial charge is 0.391 e. The Hall–Kier alpha value is -1.63. The van der Waals surface area contributed by atoms with Crippen LogP contribution in [-0.2, 0) is 6.42 Å². The van der Waals surface area contributed by atoms with Gasteiger partial charge in [0, 0.05) is 19.5 Å². The Balaban J connectivity index is 2.14. The number of aliphatic hydroxyl groups excluding tert-OH is 1. The Morgan fingerprint density at radius 3 is 2.79 bits per heavy atom. The molecule has 1 rings (SSSR count). The average Bonchev–Trinajstić information content (AvgIpc) is 2.80. The van der Waals surface area contributed by atoms with Crippen LogP contribution in [0, 0.1) is 12.8 Å². The van der Waals surface area contributed by atoms with Crippen molar-refractivity contribution in [3.05, 3.63) is 11.7 Å². The molecular weight excluding hydrogens is 248 g/mol. The zero-order chi connectivity index (χ0) is 14.3. The van der Waals surface area contributed by atoms with E-state index in [2.05, 4.69) is 20.8 Å². The Bertz CT molecular complexity index is 394. The lowest BCUT2D eigenvalue weighted by atomic mass is 10.0. The van der Waals surface area contributed by atoms with E-state index in [1.54, 1.807) is 6.92 Å². The van der Waals surface area contributed by atoms with Gasteiger partial charge >= 0.3 is 6.03 Å². The zero-order valence-electron chi connectivity index (χ0n) is 11.6. The third kappa shape index (κ3) is 5.69. The lowest BCUT2D eigenvalue weighted by Gasteiger charge is -2.17. The quantitative estimate of drug-likeness (QED) is 0.674. The van der Waals surface area contributed by atoms with Gasteiger partial charge in [0.25, 0.3) is 0 Å². The van der Waals surface area contributed by atoms with E-state index in [9.17, 15) is 9.90 Å². The Labute approximate surface area is 112 Å². The van der Waals surface area contributed by atoms with Gasteiger partial charge in [-0.2, -0.15) is 4.98 Å². The number of nitrogens with zero attached hydrogens (tertiary/aromatic N) is 2. The first kappa shape index (κ1) is 15.4. The summed E-state index contributed by atoms with van der Waals surface area (Å²) < 4.78 is 4.92. The molecular formula is C12H22N4O3. The number of aryl methyl sites for hydroxylation is 1. The zero-order valence-corrected chi connectivity index (χ0v) is 11.6. The molecule has 0 radical (unpaired) electrons. The highest BCUT2D eigenvalue weighted by Gasteiger charge is 2.13. The number of rotatable bonds is 7. The highest BCUT2D eigenvalue weighted by molar-refractivity contribution is 5.73. The summed E-state index contributed by atoms with van der Waals surface area (Å²) >= 11 is 0.